The van der Waals surface area contributed by atoms with Crippen molar-refractivity contribution in [3.63, 3.8) is 0 Å². The van der Waals surface area contributed by atoms with E-state index >= 15 is 0 Å². The Labute approximate surface area is 134 Å². The van der Waals surface area contributed by atoms with Gasteiger partial charge in [0.05, 0.1) is 18.1 Å². The maximum Gasteiger partial charge on any atom is 0.253 e. The number of likely N-dealkylation sites (tertiary alicyclic amines) is 1. The third kappa shape index (κ3) is 2.59. The summed E-state index contributed by atoms with van der Waals surface area (Å²) in [5.41, 5.74) is 3.51. The molecule has 23 heavy (non-hydrogen) atoms. The van der Waals surface area contributed by atoms with Crippen LogP contribution in [0.25, 0.3) is 16.9 Å². The highest BCUT2D eigenvalue weighted by atomic mass is 16.2. The van der Waals surface area contributed by atoms with Crippen LogP contribution in [0.2, 0.25) is 0 Å². The van der Waals surface area contributed by atoms with Gasteiger partial charge < -0.3 is 4.90 Å². The predicted molar refractivity (Wildman–Crippen MR) is 88.2 cm³/mol. The van der Waals surface area contributed by atoms with Gasteiger partial charge in [0.1, 0.15) is 0 Å². The first-order valence-corrected chi connectivity index (χ1v) is 8.00. The van der Waals surface area contributed by atoms with E-state index in [1.165, 1.54) is 6.42 Å². The molecule has 116 valence electrons. The normalized spacial score (nSPS) is 15.0. The Kier molecular flexibility index (Phi) is 3.54. The SMILES string of the molecule is O=C(c1cccc(-c2cnc3cnccn23)c1)N1CCCCC1. The van der Waals surface area contributed by atoms with Crippen molar-refractivity contribution >= 4 is 11.6 Å². The first kappa shape index (κ1) is 13.9. The third-order valence-corrected chi connectivity index (χ3v) is 4.37. The number of carbonyl (C=O) groups excluding carboxylic acids is 1. The second-order valence-electron chi connectivity index (χ2n) is 5.88. The fraction of sp³-hybridized carbons (Fsp3) is 0.278. The summed E-state index contributed by atoms with van der Waals surface area (Å²) in [4.78, 5) is 23.1. The average Bonchev–Trinajstić information content (AvgIpc) is 3.06. The minimum Gasteiger partial charge on any atom is -0.339 e. The summed E-state index contributed by atoms with van der Waals surface area (Å²) in [6, 6.07) is 7.80. The Morgan fingerprint density at radius 2 is 1.96 bits per heavy atom. The molecule has 5 heteroatoms. The van der Waals surface area contributed by atoms with Crippen LogP contribution in [0.4, 0.5) is 0 Å². The van der Waals surface area contributed by atoms with Gasteiger partial charge in [0, 0.05) is 36.6 Å². The number of rotatable bonds is 2. The van der Waals surface area contributed by atoms with Crippen molar-refractivity contribution in [1.82, 2.24) is 19.3 Å². The van der Waals surface area contributed by atoms with E-state index in [-0.39, 0.29) is 5.91 Å². The Hall–Kier alpha value is -2.69. The summed E-state index contributed by atoms with van der Waals surface area (Å²) in [6.07, 6.45) is 10.6. The molecule has 0 bridgehead atoms. The molecule has 4 rings (SSSR count). The molecule has 3 heterocycles. The van der Waals surface area contributed by atoms with Gasteiger partial charge in [0.25, 0.3) is 5.91 Å². The van der Waals surface area contributed by atoms with E-state index in [2.05, 4.69) is 9.97 Å². The van der Waals surface area contributed by atoms with Crippen LogP contribution in [0.1, 0.15) is 29.6 Å². The maximum absolute atomic E-state index is 12.7. The maximum atomic E-state index is 12.7. The monoisotopic (exact) mass is 306 g/mol. The van der Waals surface area contributed by atoms with Gasteiger partial charge in [-0.15, -0.1) is 0 Å². The molecular weight excluding hydrogens is 288 g/mol. The molecule has 3 aromatic rings. The zero-order chi connectivity index (χ0) is 15.6. The predicted octanol–water partition coefficient (Wildman–Crippen LogP) is 3.02. The van der Waals surface area contributed by atoms with E-state index < -0.39 is 0 Å². The molecule has 0 spiro atoms. The first-order chi connectivity index (χ1) is 11.3. The Bertz CT molecular complexity index is 849. The Morgan fingerprint density at radius 1 is 1.09 bits per heavy atom. The van der Waals surface area contributed by atoms with Crippen molar-refractivity contribution in [2.75, 3.05) is 13.1 Å². The Balaban J connectivity index is 1.70. The number of imidazole rings is 1. The quantitative estimate of drug-likeness (QED) is 0.731. The van der Waals surface area contributed by atoms with E-state index in [0.29, 0.717) is 0 Å². The van der Waals surface area contributed by atoms with Crippen LogP contribution < -0.4 is 0 Å². The molecule has 1 aromatic carbocycles. The van der Waals surface area contributed by atoms with Gasteiger partial charge in [0.15, 0.2) is 5.65 Å². The number of aromatic nitrogens is 3. The van der Waals surface area contributed by atoms with Crippen LogP contribution >= 0.6 is 0 Å². The molecule has 0 unspecified atom stereocenters. The molecular formula is C18H18N4O. The number of hydrogen-bond acceptors (Lipinski definition) is 3. The first-order valence-electron chi connectivity index (χ1n) is 8.00. The van der Waals surface area contributed by atoms with Crippen molar-refractivity contribution < 1.29 is 4.79 Å². The standard InChI is InChI=1S/C18H18N4O/c23-18(21-8-2-1-3-9-21)15-6-4-5-14(11-15)16-12-20-17-13-19-7-10-22(16)17/h4-7,10-13H,1-3,8-9H2. The molecule has 1 fully saturated rings. The average molecular weight is 306 g/mol. The molecule has 0 radical (unpaired) electrons. The van der Waals surface area contributed by atoms with E-state index in [4.69, 9.17) is 0 Å². The molecule has 0 N–H and O–H groups in total. The molecule has 0 saturated carbocycles. The molecule has 1 saturated heterocycles. The molecule has 2 aromatic heterocycles. The molecule has 1 aliphatic rings. The summed E-state index contributed by atoms with van der Waals surface area (Å²) in [5.74, 6) is 0.127. The Morgan fingerprint density at radius 3 is 2.83 bits per heavy atom. The molecule has 1 amide bonds. The van der Waals surface area contributed by atoms with E-state index in [1.807, 2.05) is 46.0 Å². The van der Waals surface area contributed by atoms with Gasteiger partial charge >= 0.3 is 0 Å². The summed E-state index contributed by atoms with van der Waals surface area (Å²) in [7, 11) is 0. The molecule has 1 aliphatic heterocycles. The second kappa shape index (κ2) is 5.83. The van der Waals surface area contributed by atoms with Crippen molar-refractivity contribution in [1.29, 1.82) is 0 Å². The van der Waals surface area contributed by atoms with Crippen molar-refractivity contribution in [2.45, 2.75) is 19.3 Å². The van der Waals surface area contributed by atoms with Crippen molar-refractivity contribution in [3.8, 4) is 11.3 Å². The lowest BCUT2D eigenvalue weighted by Gasteiger charge is -2.26. The lowest BCUT2D eigenvalue weighted by atomic mass is 10.1. The highest BCUT2D eigenvalue weighted by molar-refractivity contribution is 5.95. The van der Waals surface area contributed by atoms with Gasteiger partial charge in [-0.1, -0.05) is 12.1 Å². The lowest BCUT2D eigenvalue weighted by molar-refractivity contribution is 0.0724. The summed E-state index contributed by atoms with van der Waals surface area (Å²) in [6.45, 7) is 1.73. The summed E-state index contributed by atoms with van der Waals surface area (Å²) in [5, 5.41) is 0. The summed E-state index contributed by atoms with van der Waals surface area (Å²) >= 11 is 0. The van der Waals surface area contributed by atoms with Crippen LogP contribution in [0, 0.1) is 0 Å². The number of carbonyl (C=O) groups is 1. The number of amides is 1. The second-order valence-corrected chi connectivity index (χ2v) is 5.88. The van der Waals surface area contributed by atoms with Gasteiger partial charge in [-0.05, 0) is 31.4 Å². The van der Waals surface area contributed by atoms with Gasteiger partial charge in [-0.2, -0.15) is 0 Å². The van der Waals surface area contributed by atoms with Crippen LogP contribution in [0.15, 0.2) is 49.1 Å². The van der Waals surface area contributed by atoms with Crippen LogP contribution in [0.5, 0.6) is 0 Å². The van der Waals surface area contributed by atoms with E-state index in [1.54, 1.807) is 12.4 Å². The molecule has 0 aliphatic carbocycles. The van der Waals surface area contributed by atoms with Crippen molar-refractivity contribution in [2.24, 2.45) is 0 Å². The zero-order valence-corrected chi connectivity index (χ0v) is 12.9. The topological polar surface area (TPSA) is 50.5 Å². The van der Waals surface area contributed by atoms with E-state index in [0.717, 1.165) is 48.4 Å². The van der Waals surface area contributed by atoms with Gasteiger partial charge in [-0.25, -0.2) is 4.98 Å². The van der Waals surface area contributed by atoms with E-state index in [9.17, 15) is 4.79 Å². The highest BCUT2D eigenvalue weighted by Crippen LogP contribution is 2.22. The molecule has 5 nitrogen and oxygen atoms in total. The number of piperidine rings is 1. The van der Waals surface area contributed by atoms with Crippen LogP contribution in [-0.4, -0.2) is 38.3 Å². The number of fused-ring (bicyclic) bond motifs is 1. The van der Waals surface area contributed by atoms with Crippen LogP contribution in [-0.2, 0) is 0 Å². The summed E-state index contributed by atoms with van der Waals surface area (Å²) < 4.78 is 1.98. The van der Waals surface area contributed by atoms with Crippen molar-refractivity contribution in [3.05, 3.63) is 54.6 Å². The van der Waals surface area contributed by atoms with Gasteiger partial charge in [0.2, 0.25) is 0 Å². The largest absolute Gasteiger partial charge is 0.339 e. The number of benzene rings is 1. The number of nitrogens with zero attached hydrogens (tertiary/aromatic N) is 4. The smallest absolute Gasteiger partial charge is 0.253 e. The fourth-order valence-electron chi connectivity index (χ4n) is 3.15. The minimum atomic E-state index is 0.127. The third-order valence-electron chi connectivity index (χ3n) is 4.37. The zero-order valence-electron chi connectivity index (χ0n) is 12.9. The lowest BCUT2D eigenvalue weighted by Crippen LogP contribution is -2.35. The van der Waals surface area contributed by atoms with Gasteiger partial charge in [-0.3, -0.25) is 14.2 Å². The minimum absolute atomic E-state index is 0.127. The fourth-order valence-corrected chi connectivity index (χ4v) is 3.15. The highest BCUT2D eigenvalue weighted by Gasteiger charge is 2.18. The number of hydrogen-bond donors (Lipinski definition) is 0. The molecule has 0 atom stereocenters. The van der Waals surface area contributed by atoms with Crippen LogP contribution in [0.3, 0.4) is 0 Å².